The lowest BCUT2D eigenvalue weighted by atomic mass is 10.1. The molecule has 0 radical (unpaired) electrons. The first-order valence-corrected chi connectivity index (χ1v) is 6.21. The fourth-order valence-electron chi connectivity index (χ4n) is 1.80. The Balaban J connectivity index is 3.01. The highest BCUT2D eigenvalue weighted by Gasteiger charge is 2.06. The molecular weight excluding hydrogens is 240 g/mol. The summed E-state index contributed by atoms with van der Waals surface area (Å²) in [7, 11) is 1.29. The number of nitriles is 1. The number of nitrogens with zero attached hydrogens (tertiary/aromatic N) is 2. The van der Waals surface area contributed by atoms with Gasteiger partial charge in [-0.15, -0.1) is 0 Å². The van der Waals surface area contributed by atoms with E-state index in [0.717, 1.165) is 18.8 Å². The molecule has 0 atom stereocenters. The van der Waals surface area contributed by atoms with E-state index >= 15 is 0 Å². The van der Waals surface area contributed by atoms with Crippen molar-refractivity contribution in [3.63, 3.8) is 0 Å². The molecule has 0 aliphatic carbocycles. The largest absolute Gasteiger partial charge is 0.466 e. The summed E-state index contributed by atoms with van der Waals surface area (Å²) in [4.78, 5) is 13.4. The molecule has 0 spiro atoms. The zero-order valence-electron chi connectivity index (χ0n) is 11.5. The molecule has 0 aliphatic heterocycles. The Morgan fingerprint density at radius 3 is 2.32 bits per heavy atom. The molecule has 0 heterocycles. The van der Waals surface area contributed by atoms with Gasteiger partial charge in [-0.2, -0.15) is 5.26 Å². The number of esters is 1. The Kier molecular flexibility index (Phi) is 5.62. The molecule has 1 rings (SSSR count). The van der Waals surface area contributed by atoms with E-state index in [-0.39, 0.29) is 0 Å². The maximum absolute atomic E-state index is 11.2. The number of anilines is 1. The van der Waals surface area contributed by atoms with Crippen LogP contribution in [0, 0.1) is 11.3 Å². The van der Waals surface area contributed by atoms with Gasteiger partial charge in [-0.1, -0.05) is 12.1 Å². The van der Waals surface area contributed by atoms with E-state index in [1.807, 2.05) is 30.3 Å². The Bertz CT molecular complexity index is 494. The topological polar surface area (TPSA) is 53.3 Å². The molecule has 1 aromatic rings. The summed E-state index contributed by atoms with van der Waals surface area (Å²) < 4.78 is 4.53. The summed E-state index contributed by atoms with van der Waals surface area (Å²) in [5.41, 5.74) is 2.12. The maximum Gasteiger partial charge on any atom is 0.331 e. The molecule has 4 nitrogen and oxygen atoms in total. The molecule has 0 unspecified atom stereocenters. The summed E-state index contributed by atoms with van der Waals surface area (Å²) >= 11 is 0. The number of hydrogen-bond donors (Lipinski definition) is 0. The van der Waals surface area contributed by atoms with Crippen LogP contribution in [0.3, 0.4) is 0 Å². The molecule has 1 aromatic carbocycles. The number of rotatable bonds is 5. The van der Waals surface area contributed by atoms with E-state index in [2.05, 4.69) is 23.5 Å². The molecule has 0 aliphatic rings. The van der Waals surface area contributed by atoms with Gasteiger partial charge in [0.15, 0.2) is 0 Å². The van der Waals surface area contributed by atoms with Crippen molar-refractivity contribution < 1.29 is 9.53 Å². The summed E-state index contributed by atoms with van der Waals surface area (Å²) in [5.74, 6) is -0.524. The van der Waals surface area contributed by atoms with Crippen molar-refractivity contribution in [2.75, 3.05) is 25.1 Å². The van der Waals surface area contributed by atoms with Gasteiger partial charge >= 0.3 is 5.97 Å². The summed E-state index contributed by atoms with van der Waals surface area (Å²) in [6.45, 7) is 6.04. The van der Waals surface area contributed by atoms with Crippen molar-refractivity contribution in [1.29, 1.82) is 5.26 Å². The number of ether oxygens (including phenoxy) is 1. The van der Waals surface area contributed by atoms with E-state index < -0.39 is 5.97 Å². The van der Waals surface area contributed by atoms with Gasteiger partial charge in [0.2, 0.25) is 0 Å². The lowest BCUT2D eigenvalue weighted by Gasteiger charge is -2.21. The van der Waals surface area contributed by atoms with Crippen LogP contribution in [0.2, 0.25) is 0 Å². The van der Waals surface area contributed by atoms with Crippen LogP contribution < -0.4 is 4.90 Å². The average molecular weight is 258 g/mol. The SMILES string of the molecule is CCN(CC)c1ccc(C(C#N)=CC(=O)OC)cc1. The van der Waals surface area contributed by atoms with Gasteiger partial charge in [-0.05, 0) is 31.5 Å². The van der Waals surface area contributed by atoms with E-state index in [4.69, 9.17) is 5.26 Å². The number of hydrogen-bond acceptors (Lipinski definition) is 4. The third kappa shape index (κ3) is 3.85. The average Bonchev–Trinajstić information content (AvgIpc) is 2.46. The lowest BCUT2D eigenvalue weighted by molar-refractivity contribution is -0.134. The molecule has 19 heavy (non-hydrogen) atoms. The zero-order chi connectivity index (χ0) is 14.3. The van der Waals surface area contributed by atoms with Crippen LogP contribution in [0.5, 0.6) is 0 Å². The molecule has 0 saturated heterocycles. The highest BCUT2D eigenvalue weighted by atomic mass is 16.5. The summed E-state index contributed by atoms with van der Waals surface area (Å²) in [5, 5.41) is 9.06. The van der Waals surface area contributed by atoms with Crippen LogP contribution >= 0.6 is 0 Å². The number of benzene rings is 1. The Hall–Kier alpha value is -2.28. The minimum atomic E-state index is -0.524. The predicted octanol–water partition coefficient (Wildman–Crippen LogP) is 2.61. The first kappa shape index (κ1) is 14.8. The van der Waals surface area contributed by atoms with Crippen molar-refractivity contribution in [3.8, 4) is 6.07 Å². The minimum absolute atomic E-state index is 0.304. The van der Waals surface area contributed by atoms with Crippen LogP contribution in [-0.2, 0) is 9.53 Å². The van der Waals surface area contributed by atoms with Gasteiger partial charge < -0.3 is 9.64 Å². The quantitative estimate of drug-likeness (QED) is 0.463. The van der Waals surface area contributed by atoms with Crippen LogP contribution in [0.4, 0.5) is 5.69 Å². The predicted molar refractivity (Wildman–Crippen MR) is 75.6 cm³/mol. The second kappa shape index (κ2) is 7.22. The third-order valence-electron chi connectivity index (χ3n) is 2.89. The molecule has 100 valence electrons. The zero-order valence-corrected chi connectivity index (χ0v) is 11.5. The minimum Gasteiger partial charge on any atom is -0.466 e. The first-order chi connectivity index (χ1) is 9.15. The third-order valence-corrected chi connectivity index (χ3v) is 2.89. The summed E-state index contributed by atoms with van der Waals surface area (Å²) in [6.07, 6.45) is 1.20. The highest BCUT2D eigenvalue weighted by molar-refractivity contribution is 5.95. The van der Waals surface area contributed by atoms with Crippen molar-refractivity contribution in [1.82, 2.24) is 0 Å². The number of methoxy groups -OCH3 is 1. The molecule has 0 bridgehead atoms. The first-order valence-electron chi connectivity index (χ1n) is 6.21. The number of allylic oxidation sites excluding steroid dienone is 1. The van der Waals surface area contributed by atoms with E-state index in [9.17, 15) is 4.79 Å². The van der Waals surface area contributed by atoms with Crippen LogP contribution in [0.15, 0.2) is 30.3 Å². The molecular formula is C15H18N2O2. The van der Waals surface area contributed by atoms with Gasteiger partial charge in [0.1, 0.15) is 6.07 Å². The molecule has 0 N–H and O–H groups in total. The van der Waals surface area contributed by atoms with E-state index in [0.29, 0.717) is 11.1 Å². The lowest BCUT2D eigenvalue weighted by Crippen LogP contribution is -2.21. The van der Waals surface area contributed by atoms with Crippen LogP contribution in [0.25, 0.3) is 5.57 Å². The van der Waals surface area contributed by atoms with E-state index in [1.165, 1.54) is 13.2 Å². The fourth-order valence-corrected chi connectivity index (χ4v) is 1.80. The molecule has 4 heteroatoms. The second-order valence-electron chi connectivity index (χ2n) is 3.91. The van der Waals surface area contributed by atoms with Crippen LogP contribution in [-0.4, -0.2) is 26.2 Å². The smallest absolute Gasteiger partial charge is 0.331 e. The van der Waals surface area contributed by atoms with Gasteiger partial charge in [0, 0.05) is 24.9 Å². The van der Waals surface area contributed by atoms with E-state index in [1.54, 1.807) is 0 Å². The van der Waals surface area contributed by atoms with Crippen molar-refractivity contribution in [3.05, 3.63) is 35.9 Å². The van der Waals surface area contributed by atoms with Crippen molar-refractivity contribution in [2.24, 2.45) is 0 Å². The molecule has 0 amide bonds. The second-order valence-corrected chi connectivity index (χ2v) is 3.91. The molecule has 0 aromatic heterocycles. The number of carbonyl (C=O) groups is 1. The fraction of sp³-hybridized carbons (Fsp3) is 0.333. The van der Waals surface area contributed by atoms with Gasteiger partial charge in [0.05, 0.1) is 12.7 Å². The molecule has 0 fully saturated rings. The van der Waals surface area contributed by atoms with Gasteiger partial charge in [0.25, 0.3) is 0 Å². The standard InChI is InChI=1S/C15H18N2O2/c1-4-17(5-2)14-8-6-12(7-9-14)13(11-16)10-15(18)19-3/h6-10H,4-5H2,1-3H3. The highest BCUT2D eigenvalue weighted by Crippen LogP contribution is 2.19. The Labute approximate surface area is 113 Å². The Morgan fingerprint density at radius 1 is 1.32 bits per heavy atom. The monoisotopic (exact) mass is 258 g/mol. The summed E-state index contributed by atoms with van der Waals surface area (Å²) in [6, 6.07) is 9.58. The maximum atomic E-state index is 11.2. The number of carbonyl (C=O) groups excluding carboxylic acids is 1. The normalized spacial score (nSPS) is 10.7. The van der Waals surface area contributed by atoms with Gasteiger partial charge in [-0.3, -0.25) is 0 Å². The molecule has 0 saturated carbocycles. The Morgan fingerprint density at radius 2 is 1.89 bits per heavy atom. The van der Waals surface area contributed by atoms with Crippen molar-refractivity contribution in [2.45, 2.75) is 13.8 Å². The van der Waals surface area contributed by atoms with Crippen molar-refractivity contribution >= 4 is 17.2 Å². The van der Waals surface area contributed by atoms with Crippen LogP contribution in [0.1, 0.15) is 19.4 Å². The van der Waals surface area contributed by atoms with Gasteiger partial charge in [-0.25, -0.2) is 4.79 Å².